The minimum absolute atomic E-state index is 0.0412. The molecule has 7 heteroatoms. The number of unbranched alkanes of at least 4 members (excludes halogenated alkanes) is 2. The molecule has 0 aromatic carbocycles. The topological polar surface area (TPSA) is 87.1 Å². The van der Waals surface area contributed by atoms with Gasteiger partial charge in [0.2, 0.25) is 0 Å². The molecule has 104 valence electrons. The highest BCUT2D eigenvalue weighted by Crippen LogP contribution is 2.05. The molecule has 0 amide bonds. The Labute approximate surface area is 103 Å². The van der Waals surface area contributed by atoms with Gasteiger partial charge in [-0.05, 0) is 13.0 Å². The van der Waals surface area contributed by atoms with Crippen LogP contribution in [0, 0.1) is 0 Å². The summed E-state index contributed by atoms with van der Waals surface area (Å²) in [6.07, 6.45) is 3.01. The van der Waals surface area contributed by atoms with Crippen LogP contribution >= 0.6 is 0 Å². The molecule has 0 aliphatic rings. The predicted octanol–water partition coefficient (Wildman–Crippen LogP) is -0.234. The van der Waals surface area contributed by atoms with Crippen molar-refractivity contribution in [3.63, 3.8) is 0 Å². The first-order valence-corrected chi connectivity index (χ1v) is 7.25. The van der Waals surface area contributed by atoms with Crippen molar-refractivity contribution in [1.82, 2.24) is 4.90 Å². The monoisotopic (exact) mass is 269 g/mol. The van der Waals surface area contributed by atoms with Crippen molar-refractivity contribution >= 4 is 10.1 Å². The van der Waals surface area contributed by atoms with Crippen LogP contribution in [0.25, 0.3) is 0 Å². The molecule has 0 saturated carbocycles. The predicted molar refractivity (Wildman–Crippen MR) is 65.0 cm³/mol. The normalized spacial score (nSPS) is 14.2. The number of aliphatic hydroxyl groups excluding tert-OH is 2. The Bertz CT molecular complexity index is 280. The first kappa shape index (κ1) is 16.8. The van der Waals surface area contributed by atoms with Gasteiger partial charge in [0.1, 0.15) is 0 Å². The molecule has 2 N–H and O–H groups in total. The highest BCUT2D eigenvalue weighted by atomic mass is 32.2. The Morgan fingerprint density at radius 2 is 1.94 bits per heavy atom. The number of nitrogens with zero attached hydrogens (tertiary/aromatic N) is 1. The van der Waals surface area contributed by atoms with Crippen molar-refractivity contribution in [2.45, 2.75) is 31.6 Å². The fourth-order valence-corrected chi connectivity index (χ4v) is 2.06. The molecule has 0 aromatic heterocycles. The van der Waals surface area contributed by atoms with E-state index < -0.39 is 15.6 Å². The molecule has 0 radical (unpaired) electrons. The van der Waals surface area contributed by atoms with Crippen molar-refractivity contribution in [2.24, 2.45) is 0 Å². The smallest absolute Gasteiger partial charge is 0.295 e. The highest BCUT2D eigenvalue weighted by molar-refractivity contribution is 7.87. The second-order valence-electron chi connectivity index (χ2n) is 3.85. The number of hydrogen-bond donors (Lipinski definition) is 2. The second kappa shape index (κ2) is 8.82. The van der Waals surface area contributed by atoms with Crippen molar-refractivity contribution < 1.29 is 22.8 Å². The van der Waals surface area contributed by atoms with Crippen molar-refractivity contribution in [1.29, 1.82) is 0 Å². The van der Waals surface area contributed by atoms with E-state index >= 15 is 0 Å². The van der Waals surface area contributed by atoms with Gasteiger partial charge in [0.25, 0.3) is 10.1 Å². The third-order valence-electron chi connectivity index (χ3n) is 2.47. The van der Waals surface area contributed by atoms with Gasteiger partial charge in [0.15, 0.2) is 5.44 Å². The molecular weight excluding hydrogens is 246 g/mol. The lowest BCUT2D eigenvalue weighted by Gasteiger charge is -2.23. The van der Waals surface area contributed by atoms with E-state index in [1.807, 2.05) is 0 Å². The van der Waals surface area contributed by atoms with E-state index in [0.29, 0.717) is 13.1 Å². The Kier molecular flexibility index (Phi) is 8.71. The van der Waals surface area contributed by atoms with E-state index in [0.717, 1.165) is 26.4 Å². The minimum Gasteiger partial charge on any atom is -0.395 e. The lowest BCUT2D eigenvalue weighted by Crippen LogP contribution is -2.39. The van der Waals surface area contributed by atoms with E-state index in [9.17, 15) is 13.5 Å². The molecule has 17 heavy (non-hydrogen) atoms. The lowest BCUT2D eigenvalue weighted by molar-refractivity contribution is 0.132. The van der Waals surface area contributed by atoms with Crippen LogP contribution in [0.15, 0.2) is 0 Å². The first-order valence-electron chi connectivity index (χ1n) is 5.78. The van der Waals surface area contributed by atoms with Gasteiger partial charge >= 0.3 is 0 Å². The van der Waals surface area contributed by atoms with Crippen LogP contribution in [-0.4, -0.2) is 62.3 Å². The van der Waals surface area contributed by atoms with Crippen LogP contribution in [0.1, 0.15) is 26.2 Å². The molecule has 0 saturated heterocycles. The maximum atomic E-state index is 11.2. The molecule has 0 aliphatic heterocycles. The number of aliphatic hydroxyl groups is 2. The van der Waals surface area contributed by atoms with Gasteiger partial charge < -0.3 is 10.2 Å². The summed E-state index contributed by atoms with van der Waals surface area (Å²) in [6, 6.07) is 0. The minimum atomic E-state index is -3.91. The first-order chi connectivity index (χ1) is 7.97. The molecule has 0 heterocycles. The average molecular weight is 269 g/mol. The van der Waals surface area contributed by atoms with E-state index in [2.05, 4.69) is 11.1 Å². The van der Waals surface area contributed by atoms with Gasteiger partial charge in [0.05, 0.1) is 13.7 Å². The third kappa shape index (κ3) is 6.95. The summed E-state index contributed by atoms with van der Waals surface area (Å²) in [5, 5.41) is 18.4. The van der Waals surface area contributed by atoms with Crippen LogP contribution in [0.3, 0.4) is 0 Å². The molecule has 0 aromatic rings. The molecule has 6 nitrogen and oxygen atoms in total. The van der Waals surface area contributed by atoms with E-state index in [-0.39, 0.29) is 13.2 Å². The second-order valence-corrected chi connectivity index (χ2v) is 5.71. The summed E-state index contributed by atoms with van der Waals surface area (Å²) in [7, 11) is -2.89. The summed E-state index contributed by atoms with van der Waals surface area (Å²) in [5.41, 5.74) is -1.57. The quantitative estimate of drug-likeness (QED) is 0.421. The number of hydrogen-bond acceptors (Lipinski definition) is 6. The Balaban J connectivity index is 4.23. The highest BCUT2D eigenvalue weighted by Gasteiger charge is 2.24. The van der Waals surface area contributed by atoms with Crippen LogP contribution in [-0.2, 0) is 14.3 Å². The van der Waals surface area contributed by atoms with Gasteiger partial charge in [0, 0.05) is 13.1 Å². The van der Waals surface area contributed by atoms with E-state index in [1.54, 1.807) is 4.90 Å². The zero-order valence-corrected chi connectivity index (χ0v) is 11.3. The maximum absolute atomic E-state index is 11.2. The van der Waals surface area contributed by atoms with Gasteiger partial charge in [-0.15, -0.1) is 0 Å². The summed E-state index contributed by atoms with van der Waals surface area (Å²) >= 11 is 0. The lowest BCUT2D eigenvalue weighted by atomic mass is 10.2. The van der Waals surface area contributed by atoms with E-state index in [4.69, 9.17) is 5.11 Å². The van der Waals surface area contributed by atoms with Gasteiger partial charge in [-0.1, -0.05) is 19.8 Å². The van der Waals surface area contributed by atoms with Crippen molar-refractivity contribution in [3.05, 3.63) is 0 Å². The van der Waals surface area contributed by atoms with Crippen LogP contribution in [0.4, 0.5) is 0 Å². The summed E-state index contributed by atoms with van der Waals surface area (Å²) in [6.45, 7) is 2.97. The van der Waals surface area contributed by atoms with Crippen molar-refractivity contribution in [3.8, 4) is 0 Å². The molecule has 1 unspecified atom stereocenters. The SMILES string of the molecule is CCCCCN(CCO)CC(O)S(=O)(=O)OC. The molecule has 0 aliphatic carbocycles. The molecule has 0 spiro atoms. The molecule has 1 atom stereocenters. The van der Waals surface area contributed by atoms with Crippen molar-refractivity contribution in [2.75, 3.05) is 33.4 Å². The van der Waals surface area contributed by atoms with Gasteiger partial charge in [-0.3, -0.25) is 9.08 Å². The zero-order chi connectivity index (χ0) is 13.3. The van der Waals surface area contributed by atoms with Crippen LogP contribution in [0.2, 0.25) is 0 Å². The summed E-state index contributed by atoms with van der Waals surface area (Å²) in [5.74, 6) is 0. The standard InChI is InChI=1S/C10H23NO5S/c1-3-4-5-6-11(7-8-12)9-10(13)17(14,15)16-2/h10,12-13H,3-9H2,1-2H3. The Morgan fingerprint density at radius 3 is 2.41 bits per heavy atom. The Morgan fingerprint density at radius 1 is 1.29 bits per heavy atom. The molecule has 0 bridgehead atoms. The Hall–Kier alpha value is -0.210. The number of rotatable bonds is 10. The largest absolute Gasteiger partial charge is 0.395 e. The summed E-state index contributed by atoms with van der Waals surface area (Å²) in [4.78, 5) is 1.72. The summed E-state index contributed by atoms with van der Waals surface area (Å²) < 4.78 is 26.7. The molecule has 0 fully saturated rings. The zero-order valence-electron chi connectivity index (χ0n) is 10.5. The van der Waals surface area contributed by atoms with Crippen LogP contribution < -0.4 is 0 Å². The van der Waals surface area contributed by atoms with Gasteiger partial charge in [-0.25, -0.2) is 0 Å². The van der Waals surface area contributed by atoms with E-state index in [1.165, 1.54) is 0 Å². The fourth-order valence-electron chi connectivity index (χ4n) is 1.44. The molecule has 0 rings (SSSR count). The van der Waals surface area contributed by atoms with Gasteiger partial charge in [-0.2, -0.15) is 8.42 Å². The fraction of sp³-hybridized carbons (Fsp3) is 1.00. The average Bonchev–Trinajstić information content (AvgIpc) is 2.29. The van der Waals surface area contributed by atoms with Crippen LogP contribution in [0.5, 0.6) is 0 Å². The molecular formula is C10H23NO5S. The third-order valence-corrected chi connectivity index (χ3v) is 3.75. The maximum Gasteiger partial charge on any atom is 0.295 e.